The second kappa shape index (κ2) is 9.24. The van der Waals surface area contributed by atoms with Gasteiger partial charge in [0.1, 0.15) is 5.82 Å². The summed E-state index contributed by atoms with van der Waals surface area (Å²) in [6.07, 6.45) is -5.42. The van der Waals surface area contributed by atoms with Crippen LogP contribution in [0.25, 0.3) is 0 Å². The van der Waals surface area contributed by atoms with E-state index in [1.54, 1.807) is 4.90 Å². The SMILES string of the molecule is NC(=O)C1=CC(C(F)(F)F)=CC(c2cc(F)cc(C(F)(F)F)c2)(N2CCC(N3CCCC3)CC2)C1. The van der Waals surface area contributed by atoms with Crippen LogP contribution in [-0.4, -0.2) is 54.1 Å². The summed E-state index contributed by atoms with van der Waals surface area (Å²) < 4.78 is 96.6. The van der Waals surface area contributed by atoms with Gasteiger partial charge in [0.15, 0.2) is 0 Å². The van der Waals surface area contributed by atoms with E-state index < -0.39 is 47.2 Å². The van der Waals surface area contributed by atoms with Crippen molar-refractivity contribution in [2.75, 3.05) is 26.2 Å². The molecule has 3 aliphatic rings. The Hall–Kier alpha value is -2.40. The number of likely N-dealkylation sites (tertiary alicyclic amines) is 2. The van der Waals surface area contributed by atoms with Crippen LogP contribution in [0.3, 0.4) is 0 Å². The maximum atomic E-state index is 14.4. The third-order valence-electron chi connectivity index (χ3n) is 7.24. The minimum absolute atomic E-state index is 0.213. The second-order valence-corrected chi connectivity index (χ2v) is 9.42. The highest BCUT2D eigenvalue weighted by Crippen LogP contribution is 2.46. The third-order valence-corrected chi connectivity index (χ3v) is 7.24. The fraction of sp³-hybridized carbons (Fsp3) is 0.542. The van der Waals surface area contributed by atoms with E-state index in [0.717, 1.165) is 38.1 Å². The minimum atomic E-state index is -4.91. The molecule has 0 bridgehead atoms. The molecular weight excluding hydrogens is 479 g/mol. The molecule has 1 aromatic rings. The maximum absolute atomic E-state index is 14.4. The molecular formula is C24H26F7N3O. The molecule has 4 nitrogen and oxygen atoms in total. The fourth-order valence-electron chi connectivity index (χ4n) is 5.51. The second-order valence-electron chi connectivity index (χ2n) is 9.42. The number of allylic oxidation sites excluding steroid dienone is 2. The van der Waals surface area contributed by atoms with Gasteiger partial charge in [-0.15, -0.1) is 0 Å². The summed E-state index contributed by atoms with van der Waals surface area (Å²) in [5.41, 5.74) is 0.361. The molecule has 1 amide bonds. The van der Waals surface area contributed by atoms with Crippen LogP contribution >= 0.6 is 0 Å². The zero-order chi connectivity index (χ0) is 25.6. The Labute approximate surface area is 198 Å². The topological polar surface area (TPSA) is 49.6 Å². The number of carbonyl (C=O) groups excluding carboxylic acids is 1. The number of benzene rings is 1. The number of halogens is 7. The molecule has 0 spiro atoms. The van der Waals surface area contributed by atoms with Crippen molar-refractivity contribution in [3.8, 4) is 0 Å². The molecule has 0 aromatic heterocycles. The molecule has 2 saturated heterocycles. The molecule has 2 N–H and O–H groups in total. The molecule has 2 aliphatic heterocycles. The highest BCUT2D eigenvalue weighted by Gasteiger charge is 2.47. The first-order valence-electron chi connectivity index (χ1n) is 11.5. The van der Waals surface area contributed by atoms with E-state index >= 15 is 0 Å². The van der Waals surface area contributed by atoms with Crippen molar-refractivity contribution in [2.24, 2.45) is 5.73 Å². The van der Waals surface area contributed by atoms with Crippen LogP contribution in [0.2, 0.25) is 0 Å². The van der Waals surface area contributed by atoms with E-state index in [9.17, 15) is 35.5 Å². The van der Waals surface area contributed by atoms with Gasteiger partial charge in [-0.1, -0.05) is 0 Å². The smallest absolute Gasteiger partial charge is 0.366 e. The number of nitrogens with zero attached hydrogens (tertiary/aromatic N) is 2. The number of nitrogens with two attached hydrogens (primary N) is 1. The Kier molecular flexibility index (Phi) is 6.78. The van der Waals surface area contributed by atoms with Crippen molar-refractivity contribution in [3.63, 3.8) is 0 Å². The number of hydrogen-bond acceptors (Lipinski definition) is 3. The van der Waals surface area contributed by atoms with Crippen LogP contribution in [0, 0.1) is 5.82 Å². The molecule has 1 atom stereocenters. The first kappa shape index (κ1) is 25.7. The summed E-state index contributed by atoms with van der Waals surface area (Å²) in [5.74, 6) is -2.33. The normalized spacial score (nSPS) is 25.5. The highest BCUT2D eigenvalue weighted by atomic mass is 19.4. The Morgan fingerprint density at radius 2 is 1.57 bits per heavy atom. The first-order chi connectivity index (χ1) is 16.3. The largest absolute Gasteiger partial charge is 0.416 e. The average Bonchev–Trinajstić information content (AvgIpc) is 3.32. The summed E-state index contributed by atoms with van der Waals surface area (Å²) in [5, 5.41) is 0. The summed E-state index contributed by atoms with van der Waals surface area (Å²) in [6.45, 7) is 2.40. The molecule has 2 heterocycles. The maximum Gasteiger partial charge on any atom is 0.416 e. The molecule has 4 rings (SSSR count). The molecule has 192 valence electrons. The van der Waals surface area contributed by atoms with Crippen molar-refractivity contribution in [1.82, 2.24) is 9.80 Å². The predicted molar refractivity (Wildman–Crippen MR) is 115 cm³/mol. The van der Waals surface area contributed by atoms with Crippen LogP contribution in [0.15, 0.2) is 41.5 Å². The summed E-state index contributed by atoms with van der Waals surface area (Å²) >= 11 is 0. The lowest BCUT2D eigenvalue weighted by Crippen LogP contribution is -2.53. The number of alkyl halides is 6. The van der Waals surface area contributed by atoms with E-state index in [4.69, 9.17) is 5.73 Å². The minimum Gasteiger partial charge on any atom is -0.366 e. The lowest BCUT2D eigenvalue weighted by molar-refractivity contribution is -0.138. The Balaban J connectivity index is 1.82. The van der Waals surface area contributed by atoms with Crippen LogP contribution in [-0.2, 0) is 16.5 Å². The predicted octanol–water partition coefficient (Wildman–Crippen LogP) is 4.90. The van der Waals surface area contributed by atoms with Crippen molar-refractivity contribution in [2.45, 2.75) is 56.0 Å². The molecule has 0 saturated carbocycles. The number of amides is 1. The van der Waals surface area contributed by atoms with Gasteiger partial charge in [0.2, 0.25) is 5.91 Å². The van der Waals surface area contributed by atoms with Gasteiger partial charge in [0, 0.05) is 31.1 Å². The quantitative estimate of drug-likeness (QED) is 0.592. The molecule has 11 heteroatoms. The van der Waals surface area contributed by atoms with Gasteiger partial charge in [-0.05, 0) is 74.7 Å². The van der Waals surface area contributed by atoms with Gasteiger partial charge in [-0.3, -0.25) is 9.69 Å². The van der Waals surface area contributed by atoms with Gasteiger partial charge >= 0.3 is 12.4 Å². The van der Waals surface area contributed by atoms with Gasteiger partial charge in [0.05, 0.1) is 16.7 Å². The molecule has 1 unspecified atom stereocenters. The third kappa shape index (κ3) is 5.25. The Morgan fingerprint density at radius 1 is 0.943 bits per heavy atom. The first-order valence-corrected chi connectivity index (χ1v) is 11.5. The van der Waals surface area contributed by atoms with E-state index in [1.807, 2.05) is 0 Å². The van der Waals surface area contributed by atoms with E-state index in [-0.39, 0.29) is 30.3 Å². The molecule has 2 fully saturated rings. The van der Waals surface area contributed by atoms with Gasteiger partial charge in [-0.2, -0.15) is 26.3 Å². The van der Waals surface area contributed by atoms with Gasteiger partial charge < -0.3 is 10.6 Å². The van der Waals surface area contributed by atoms with Crippen molar-refractivity contribution >= 4 is 5.91 Å². The van der Waals surface area contributed by atoms with Crippen molar-refractivity contribution in [3.05, 3.63) is 58.4 Å². The monoisotopic (exact) mass is 505 g/mol. The standard InChI is InChI=1S/C24H26F7N3O/c25-19-11-16(10-17(12-19)23(26,27)28)22(13-15(21(32)35)9-18(14-22)24(29,30)31)34-7-3-20(4-8-34)33-5-1-2-6-33/h9-12,14,20H,1-8,13H2,(H2,32,35). The zero-order valence-corrected chi connectivity index (χ0v) is 18.9. The summed E-state index contributed by atoms with van der Waals surface area (Å²) in [4.78, 5) is 16.0. The number of hydrogen-bond donors (Lipinski definition) is 1. The molecule has 35 heavy (non-hydrogen) atoms. The van der Waals surface area contributed by atoms with Crippen molar-refractivity contribution < 1.29 is 35.5 Å². The molecule has 0 radical (unpaired) electrons. The number of primary amides is 1. The summed E-state index contributed by atoms with van der Waals surface area (Å²) in [6, 6.07) is 2.00. The fourth-order valence-corrected chi connectivity index (χ4v) is 5.51. The number of carbonyl (C=O) groups is 1. The van der Waals surface area contributed by atoms with Gasteiger partial charge in [-0.25, -0.2) is 4.39 Å². The number of rotatable bonds is 4. The van der Waals surface area contributed by atoms with Crippen LogP contribution in [0.5, 0.6) is 0 Å². The van der Waals surface area contributed by atoms with Crippen LogP contribution in [0.1, 0.15) is 43.2 Å². The lowest BCUT2D eigenvalue weighted by atomic mass is 9.75. The summed E-state index contributed by atoms with van der Waals surface area (Å²) in [7, 11) is 0. The molecule has 1 aromatic carbocycles. The van der Waals surface area contributed by atoms with E-state index in [2.05, 4.69) is 4.90 Å². The van der Waals surface area contributed by atoms with Gasteiger partial charge in [0.25, 0.3) is 0 Å². The van der Waals surface area contributed by atoms with Crippen molar-refractivity contribution in [1.29, 1.82) is 0 Å². The van der Waals surface area contributed by atoms with Crippen LogP contribution in [0.4, 0.5) is 30.7 Å². The number of piperidine rings is 1. The van der Waals surface area contributed by atoms with Crippen LogP contribution < -0.4 is 5.73 Å². The zero-order valence-electron chi connectivity index (χ0n) is 18.9. The lowest BCUT2D eigenvalue weighted by Gasteiger charge is -2.49. The Morgan fingerprint density at radius 3 is 2.11 bits per heavy atom. The average molecular weight is 505 g/mol. The highest BCUT2D eigenvalue weighted by molar-refractivity contribution is 5.93. The Bertz CT molecular complexity index is 1030. The van der Waals surface area contributed by atoms with E-state index in [1.165, 1.54) is 0 Å². The van der Waals surface area contributed by atoms with E-state index in [0.29, 0.717) is 31.1 Å². The molecule has 1 aliphatic carbocycles.